The lowest BCUT2D eigenvalue weighted by Gasteiger charge is -2.10. The number of aromatic nitrogens is 2. The summed E-state index contributed by atoms with van der Waals surface area (Å²) in [5, 5.41) is 5.14. The number of aromatic amines is 1. The molecule has 0 saturated carbocycles. The lowest BCUT2D eigenvalue weighted by atomic mass is 10.1. The smallest absolute Gasteiger partial charge is 0.260 e. The Kier molecular flexibility index (Phi) is 6.01. The molecule has 8 heteroatoms. The number of nitrogens with zero attached hydrogens (tertiary/aromatic N) is 1. The fraction of sp³-hybridized carbons (Fsp3) is 0.130. The van der Waals surface area contributed by atoms with Gasteiger partial charge in [0, 0.05) is 29.1 Å². The molecule has 4 rings (SSSR count). The van der Waals surface area contributed by atoms with E-state index in [-0.39, 0.29) is 17.2 Å². The van der Waals surface area contributed by atoms with Gasteiger partial charge in [0.25, 0.3) is 5.56 Å². The number of thiophene rings is 1. The summed E-state index contributed by atoms with van der Waals surface area (Å²) in [4.78, 5) is 44.7. The summed E-state index contributed by atoms with van der Waals surface area (Å²) in [6.45, 7) is 3.21. The Morgan fingerprint density at radius 1 is 1.10 bits per heavy atom. The van der Waals surface area contributed by atoms with Gasteiger partial charge in [-0.15, -0.1) is 11.3 Å². The van der Waals surface area contributed by atoms with Gasteiger partial charge in [-0.25, -0.2) is 4.98 Å². The van der Waals surface area contributed by atoms with E-state index < -0.39 is 5.25 Å². The predicted octanol–water partition coefficient (Wildman–Crippen LogP) is 4.97. The standard InChI is InChI=1S/C23H19N3O3S2/c1-13(20(28)16-8-10-17(11-9-16)24-14(2)27)31-23-25-21(29)19-18(12-30-22(19)26-23)15-6-4-3-5-7-15/h3-13H,1-2H3,(H,24,27)(H,25,26,29). The van der Waals surface area contributed by atoms with Gasteiger partial charge < -0.3 is 10.3 Å². The first-order valence-electron chi connectivity index (χ1n) is 9.58. The molecule has 31 heavy (non-hydrogen) atoms. The van der Waals surface area contributed by atoms with Gasteiger partial charge in [-0.05, 0) is 36.8 Å². The van der Waals surface area contributed by atoms with Crippen LogP contribution in [0, 0.1) is 0 Å². The molecule has 0 radical (unpaired) electrons. The summed E-state index contributed by atoms with van der Waals surface area (Å²) < 4.78 is 0. The van der Waals surface area contributed by atoms with Crippen LogP contribution in [0.5, 0.6) is 0 Å². The second kappa shape index (κ2) is 8.87. The van der Waals surface area contributed by atoms with Crippen molar-refractivity contribution in [3.05, 3.63) is 75.9 Å². The van der Waals surface area contributed by atoms with E-state index in [1.54, 1.807) is 31.2 Å². The number of Topliss-reactive ketones (excluding diaryl/α,β-unsaturated/α-hetero) is 1. The van der Waals surface area contributed by atoms with Gasteiger partial charge in [-0.2, -0.15) is 0 Å². The molecule has 1 amide bonds. The zero-order valence-corrected chi connectivity index (χ0v) is 18.5. The van der Waals surface area contributed by atoms with Gasteiger partial charge in [0.2, 0.25) is 5.91 Å². The Morgan fingerprint density at radius 2 is 1.81 bits per heavy atom. The van der Waals surface area contributed by atoms with Gasteiger partial charge in [0.15, 0.2) is 10.9 Å². The fourth-order valence-electron chi connectivity index (χ4n) is 3.19. The number of rotatable bonds is 6. The topological polar surface area (TPSA) is 91.9 Å². The van der Waals surface area contributed by atoms with Crippen LogP contribution < -0.4 is 10.9 Å². The molecule has 156 valence electrons. The molecule has 0 aliphatic rings. The normalized spacial score (nSPS) is 11.9. The molecule has 0 aliphatic heterocycles. The van der Waals surface area contributed by atoms with Crippen LogP contribution in [0.1, 0.15) is 24.2 Å². The third-order valence-electron chi connectivity index (χ3n) is 4.65. The van der Waals surface area contributed by atoms with Crippen LogP contribution >= 0.6 is 23.1 Å². The molecule has 2 aromatic carbocycles. The van der Waals surface area contributed by atoms with Crippen LogP contribution in [0.25, 0.3) is 21.3 Å². The van der Waals surface area contributed by atoms with Crippen LogP contribution in [0.4, 0.5) is 5.69 Å². The number of thioether (sulfide) groups is 1. The number of fused-ring (bicyclic) bond motifs is 1. The number of anilines is 1. The lowest BCUT2D eigenvalue weighted by molar-refractivity contribution is -0.114. The number of carbonyl (C=O) groups is 2. The van der Waals surface area contributed by atoms with E-state index in [1.165, 1.54) is 30.0 Å². The molecule has 2 heterocycles. The van der Waals surface area contributed by atoms with E-state index in [2.05, 4.69) is 15.3 Å². The molecule has 0 spiro atoms. The molecule has 1 atom stereocenters. The summed E-state index contributed by atoms with van der Waals surface area (Å²) >= 11 is 2.63. The van der Waals surface area contributed by atoms with Crippen LogP contribution in [0.2, 0.25) is 0 Å². The Bertz CT molecular complexity index is 1310. The van der Waals surface area contributed by atoms with Gasteiger partial charge >= 0.3 is 0 Å². The van der Waals surface area contributed by atoms with Crippen molar-refractivity contribution < 1.29 is 9.59 Å². The average molecular weight is 450 g/mol. The molecule has 2 aromatic heterocycles. The molecule has 0 aliphatic carbocycles. The highest BCUT2D eigenvalue weighted by Crippen LogP contribution is 2.32. The highest BCUT2D eigenvalue weighted by atomic mass is 32.2. The van der Waals surface area contributed by atoms with E-state index in [0.717, 1.165) is 11.1 Å². The number of benzene rings is 2. The molecule has 2 N–H and O–H groups in total. The maximum absolute atomic E-state index is 12.8. The number of hydrogen-bond donors (Lipinski definition) is 2. The van der Waals surface area contributed by atoms with Crippen molar-refractivity contribution in [3.63, 3.8) is 0 Å². The Hall–Kier alpha value is -3.23. The summed E-state index contributed by atoms with van der Waals surface area (Å²) in [5.41, 5.74) is 2.77. The van der Waals surface area contributed by atoms with Crippen molar-refractivity contribution in [3.8, 4) is 11.1 Å². The van der Waals surface area contributed by atoms with E-state index in [4.69, 9.17) is 0 Å². The zero-order chi connectivity index (χ0) is 22.0. The molecule has 0 saturated heterocycles. The Morgan fingerprint density at radius 3 is 2.48 bits per heavy atom. The quantitative estimate of drug-likeness (QED) is 0.246. The Labute approximate surface area is 186 Å². The average Bonchev–Trinajstić information content (AvgIpc) is 3.18. The van der Waals surface area contributed by atoms with E-state index in [0.29, 0.717) is 26.6 Å². The number of amides is 1. The first-order chi connectivity index (χ1) is 14.9. The van der Waals surface area contributed by atoms with Crippen LogP contribution in [-0.2, 0) is 4.79 Å². The second-order valence-electron chi connectivity index (χ2n) is 6.95. The van der Waals surface area contributed by atoms with E-state index in [9.17, 15) is 14.4 Å². The van der Waals surface area contributed by atoms with Crippen LogP contribution in [0.15, 0.2) is 69.9 Å². The zero-order valence-electron chi connectivity index (χ0n) is 16.8. The number of carbonyl (C=O) groups excluding carboxylic acids is 2. The largest absolute Gasteiger partial charge is 0.326 e. The third kappa shape index (κ3) is 4.60. The molecule has 4 aromatic rings. The van der Waals surface area contributed by atoms with Gasteiger partial charge in [-0.3, -0.25) is 14.4 Å². The first-order valence-corrected chi connectivity index (χ1v) is 11.3. The summed E-state index contributed by atoms with van der Waals surface area (Å²) in [6.07, 6.45) is 0. The SMILES string of the molecule is CC(=O)Nc1ccc(C(=O)C(C)Sc2nc3scc(-c4ccccc4)c3c(=O)[nH]2)cc1. The van der Waals surface area contributed by atoms with Gasteiger partial charge in [0.05, 0.1) is 10.6 Å². The minimum atomic E-state index is -0.444. The van der Waals surface area contributed by atoms with Crippen molar-refractivity contribution in [1.29, 1.82) is 0 Å². The maximum Gasteiger partial charge on any atom is 0.260 e. The van der Waals surface area contributed by atoms with Crippen molar-refractivity contribution in [2.24, 2.45) is 0 Å². The van der Waals surface area contributed by atoms with Gasteiger partial charge in [0.1, 0.15) is 4.83 Å². The van der Waals surface area contributed by atoms with Crippen LogP contribution in [-0.4, -0.2) is 26.9 Å². The monoisotopic (exact) mass is 449 g/mol. The van der Waals surface area contributed by atoms with E-state index >= 15 is 0 Å². The Balaban J connectivity index is 1.55. The number of hydrogen-bond acceptors (Lipinski definition) is 6. The summed E-state index contributed by atoms with van der Waals surface area (Å²) in [7, 11) is 0. The summed E-state index contributed by atoms with van der Waals surface area (Å²) in [5.74, 6) is -0.254. The van der Waals surface area contributed by atoms with Crippen molar-refractivity contribution >= 4 is 50.7 Å². The number of ketones is 1. The molecule has 0 bridgehead atoms. The highest BCUT2D eigenvalue weighted by Gasteiger charge is 2.19. The minimum Gasteiger partial charge on any atom is -0.326 e. The predicted molar refractivity (Wildman–Crippen MR) is 126 cm³/mol. The molecule has 0 fully saturated rings. The highest BCUT2D eigenvalue weighted by molar-refractivity contribution is 8.00. The molecular formula is C23H19N3O3S2. The van der Waals surface area contributed by atoms with E-state index in [1.807, 2.05) is 35.7 Å². The molecule has 1 unspecified atom stereocenters. The number of nitrogens with one attached hydrogen (secondary N) is 2. The summed E-state index contributed by atoms with van der Waals surface area (Å²) in [6, 6.07) is 16.4. The number of H-pyrrole nitrogens is 1. The maximum atomic E-state index is 12.8. The molecular weight excluding hydrogens is 430 g/mol. The first kappa shape index (κ1) is 21.0. The molecule has 6 nitrogen and oxygen atoms in total. The van der Waals surface area contributed by atoms with Crippen molar-refractivity contribution in [2.45, 2.75) is 24.3 Å². The lowest BCUT2D eigenvalue weighted by Crippen LogP contribution is -2.16. The van der Waals surface area contributed by atoms with Crippen LogP contribution in [0.3, 0.4) is 0 Å². The fourth-order valence-corrected chi connectivity index (χ4v) is 5.07. The van der Waals surface area contributed by atoms with Crippen molar-refractivity contribution in [2.75, 3.05) is 5.32 Å². The second-order valence-corrected chi connectivity index (χ2v) is 9.14. The third-order valence-corrected chi connectivity index (χ3v) is 6.51. The minimum absolute atomic E-state index is 0.0849. The van der Waals surface area contributed by atoms with Crippen molar-refractivity contribution in [1.82, 2.24) is 9.97 Å². The van der Waals surface area contributed by atoms with Gasteiger partial charge in [-0.1, -0.05) is 42.1 Å².